The molecule has 0 heterocycles. The molecule has 88 valence electrons. The van der Waals surface area contributed by atoms with Crippen molar-refractivity contribution >= 4 is 0 Å². The molecule has 3 N–H and O–H groups in total. The van der Waals surface area contributed by atoms with Gasteiger partial charge in [0.2, 0.25) is 0 Å². The standard InChI is InChI=1S/C13H12O4/c1-17-11-5-9(4-10(14)7-11)8-2-3-12(15)13(16)6-8/h2-7,14-16H,1H3. The van der Waals surface area contributed by atoms with E-state index in [4.69, 9.17) is 4.74 Å². The van der Waals surface area contributed by atoms with Gasteiger partial charge in [0, 0.05) is 6.07 Å². The van der Waals surface area contributed by atoms with Crippen LogP contribution in [0.25, 0.3) is 11.1 Å². The molecule has 4 nitrogen and oxygen atoms in total. The number of ether oxygens (including phenoxy) is 1. The Morgan fingerprint density at radius 2 is 1.59 bits per heavy atom. The van der Waals surface area contributed by atoms with Gasteiger partial charge in [0.05, 0.1) is 7.11 Å². The Balaban J connectivity index is 2.52. The molecule has 2 aromatic carbocycles. The molecule has 2 aromatic rings. The van der Waals surface area contributed by atoms with E-state index in [0.717, 1.165) is 0 Å². The first-order valence-corrected chi connectivity index (χ1v) is 5.00. The molecule has 0 atom stereocenters. The van der Waals surface area contributed by atoms with E-state index >= 15 is 0 Å². The van der Waals surface area contributed by atoms with Gasteiger partial charge < -0.3 is 20.1 Å². The molecule has 0 aliphatic rings. The maximum absolute atomic E-state index is 9.52. The number of phenols is 3. The number of rotatable bonds is 2. The van der Waals surface area contributed by atoms with E-state index < -0.39 is 0 Å². The van der Waals surface area contributed by atoms with E-state index in [1.165, 1.54) is 25.3 Å². The summed E-state index contributed by atoms with van der Waals surface area (Å²) in [5.41, 5.74) is 1.37. The van der Waals surface area contributed by atoms with Gasteiger partial charge in [-0.1, -0.05) is 6.07 Å². The fraction of sp³-hybridized carbons (Fsp3) is 0.0769. The van der Waals surface area contributed by atoms with Gasteiger partial charge in [0.15, 0.2) is 11.5 Å². The predicted octanol–water partition coefficient (Wildman–Crippen LogP) is 2.48. The molecule has 0 saturated heterocycles. The molecule has 2 rings (SSSR count). The molecule has 0 spiro atoms. The fourth-order valence-corrected chi connectivity index (χ4v) is 1.57. The van der Waals surface area contributed by atoms with E-state index in [1.807, 2.05) is 0 Å². The van der Waals surface area contributed by atoms with Crippen molar-refractivity contribution in [2.45, 2.75) is 0 Å². The molecule has 4 heteroatoms. The summed E-state index contributed by atoms with van der Waals surface area (Å²) in [6.45, 7) is 0. The average molecular weight is 232 g/mol. The van der Waals surface area contributed by atoms with Crippen LogP contribution in [0.5, 0.6) is 23.0 Å². The topological polar surface area (TPSA) is 69.9 Å². The minimum Gasteiger partial charge on any atom is -0.508 e. The summed E-state index contributed by atoms with van der Waals surface area (Å²) in [7, 11) is 1.51. The first-order chi connectivity index (χ1) is 8.10. The Morgan fingerprint density at radius 1 is 0.824 bits per heavy atom. The van der Waals surface area contributed by atoms with Crippen molar-refractivity contribution in [3.8, 4) is 34.1 Å². The Morgan fingerprint density at radius 3 is 2.24 bits per heavy atom. The summed E-state index contributed by atoms with van der Waals surface area (Å²) in [5.74, 6) is 0.213. The Hall–Kier alpha value is -2.36. The summed E-state index contributed by atoms with van der Waals surface area (Å²) in [6.07, 6.45) is 0. The van der Waals surface area contributed by atoms with E-state index in [0.29, 0.717) is 16.9 Å². The molecule has 0 bridgehead atoms. The predicted molar refractivity (Wildman–Crippen MR) is 63.4 cm³/mol. The Labute approximate surface area is 98.3 Å². The zero-order valence-electron chi connectivity index (χ0n) is 9.21. The largest absolute Gasteiger partial charge is 0.508 e. The highest BCUT2D eigenvalue weighted by Gasteiger charge is 2.06. The van der Waals surface area contributed by atoms with Crippen LogP contribution in [0, 0.1) is 0 Å². The van der Waals surface area contributed by atoms with Gasteiger partial charge in [-0.3, -0.25) is 0 Å². The highest BCUT2D eigenvalue weighted by atomic mass is 16.5. The summed E-state index contributed by atoms with van der Waals surface area (Å²) in [5, 5.41) is 28.2. The lowest BCUT2D eigenvalue weighted by molar-refractivity contribution is 0.404. The van der Waals surface area contributed by atoms with Gasteiger partial charge in [-0.25, -0.2) is 0 Å². The van der Waals surface area contributed by atoms with Crippen LogP contribution < -0.4 is 4.74 Å². The second-order valence-corrected chi connectivity index (χ2v) is 3.62. The Bertz CT molecular complexity index is 549. The molecule has 0 aliphatic carbocycles. The van der Waals surface area contributed by atoms with Crippen molar-refractivity contribution in [3.05, 3.63) is 36.4 Å². The molecule has 0 aliphatic heterocycles. The van der Waals surface area contributed by atoms with Crippen molar-refractivity contribution in [2.75, 3.05) is 7.11 Å². The molecular formula is C13H12O4. The molecule has 0 amide bonds. The lowest BCUT2D eigenvalue weighted by atomic mass is 10.0. The second kappa shape index (κ2) is 4.25. The monoisotopic (exact) mass is 232 g/mol. The summed E-state index contributed by atoms with van der Waals surface area (Å²) < 4.78 is 5.04. The van der Waals surface area contributed by atoms with E-state index in [1.54, 1.807) is 18.2 Å². The van der Waals surface area contributed by atoms with Crippen LogP contribution >= 0.6 is 0 Å². The van der Waals surface area contributed by atoms with Gasteiger partial charge in [-0.2, -0.15) is 0 Å². The van der Waals surface area contributed by atoms with Crippen LogP contribution in [0.1, 0.15) is 0 Å². The van der Waals surface area contributed by atoms with Gasteiger partial charge in [-0.05, 0) is 35.4 Å². The number of benzene rings is 2. The van der Waals surface area contributed by atoms with Crippen molar-refractivity contribution < 1.29 is 20.1 Å². The number of hydrogen-bond donors (Lipinski definition) is 3. The summed E-state index contributed by atoms with van der Waals surface area (Å²) in [6, 6.07) is 9.22. The zero-order chi connectivity index (χ0) is 12.4. The lowest BCUT2D eigenvalue weighted by Gasteiger charge is -2.07. The Kier molecular flexibility index (Phi) is 2.78. The average Bonchev–Trinajstić information content (AvgIpc) is 2.32. The summed E-state index contributed by atoms with van der Waals surface area (Å²) in [4.78, 5) is 0. The molecule has 0 radical (unpaired) electrons. The third-order valence-corrected chi connectivity index (χ3v) is 2.44. The van der Waals surface area contributed by atoms with Gasteiger partial charge in [0.1, 0.15) is 11.5 Å². The highest BCUT2D eigenvalue weighted by molar-refractivity contribution is 5.69. The first-order valence-electron chi connectivity index (χ1n) is 5.00. The molecule has 0 saturated carbocycles. The second-order valence-electron chi connectivity index (χ2n) is 3.62. The van der Waals surface area contributed by atoms with E-state index in [9.17, 15) is 15.3 Å². The minimum atomic E-state index is -0.204. The smallest absolute Gasteiger partial charge is 0.158 e. The molecular weight excluding hydrogens is 220 g/mol. The number of hydrogen-bond acceptors (Lipinski definition) is 4. The van der Waals surface area contributed by atoms with Crippen LogP contribution in [0.15, 0.2) is 36.4 Å². The van der Waals surface area contributed by atoms with Crippen molar-refractivity contribution in [2.24, 2.45) is 0 Å². The molecule has 0 aromatic heterocycles. The van der Waals surface area contributed by atoms with Crippen molar-refractivity contribution in [3.63, 3.8) is 0 Å². The van der Waals surface area contributed by atoms with Crippen LogP contribution in [0.3, 0.4) is 0 Å². The van der Waals surface area contributed by atoms with Crippen molar-refractivity contribution in [1.82, 2.24) is 0 Å². The third-order valence-electron chi connectivity index (χ3n) is 2.44. The molecule has 0 unspecified atom stereocenters. The maximum Gasteiger partial charge on any atom is 0.158 e. The molecule has 17 heavy (non-hydrogen) atoms. The SMILES string of the molecule is COc1cc(O)cc(-c2ccc(O)c(O)c2)c1. The summed E-state index contributed by atoms with van der Waals surface area (Å²) >= 11 is 0. The van der Waals surface area contributed by atoms with E-state index in [2.05, 4.69) is 0 Å². The lowest BCUT2D eigenvalue weighted by Crippen LogP contribution is -1.84. The van der Waals surface area contributed by atoms with Gasteiger partial charge in [-0.15, -0.1) is 0 Å². The number of phenolic OH excluding ortho intramolecular Hbond substituents is 3. The minimum absolute atomic E-state index is 0.0758. The van der Waals surface area contributed by atoms with Gasteiger partial charge in [0.25, 0.3) is 0 Å². The first kappa shape index (κ1) is 11.1. The quantitative estimate of drug-likeness (QED) is 0.696. The van der Waals surface area contributed by atoms with Crippen LogP contribution in [0.2, 0.25) is 0 Å². The van der Waals surface area contributed by atoms with Crippen LogP contribution in [0.4, 0.5) is 0 Å². The normalized spacial score (nSPS) is 10.2. The fourth-order valence-electron chi connectivity index (χ4n) is 1.57. The van der Waals surface area contributed by atoms with Crippen molar-refractivity contribution in [1.29, 1.82) is 0 Å². The van der Waals surface area contributed by atoms with E-state index in [-0.39, 0.29) is 17.2 Å². The maximum atomic E-state index is 9.52. The molecule has 0 fully saturated rings. The zero-order valence-corrected chi connectivity index (χ0v) is 9.21. The van der Waals surface area contributed by atoms with Crippen LogP contribution in [-0.4, -0.2) is 22.4 Å². The number of methoxy groups -OCH3 is 1. The van der Waals surface area contributed by atoms with Gasteiger partial charge >= 0.3 is 0 Å². The highest BCUT2D eigenvalue weighted by Crippen LogP contribution is 2.33. The van der Waals surface area contributed by atoms with Crippen LogP contribution in [-0.2, 0) is 0 Å². The number of aromatic hydroxyl groups is 3. The third kappa shape index (κ3) is 2.25.